The van der Waals surface area contributed by atoms with Gasteiger partial charge in [-0.05, 0) is 49.6 Å². The van der Waals surface area contributed by atoms with Crippen molar-refractivity contribution in [2.75, 3.05) is 18.4 Å². The number of anilines is 1. The van der Waals surface area contributed by atoms with E-state index in [0.29, 0.717) is 0 Å². The second-order valence-corrected chi connectivity index (χ2v) is 6.79. The maximum Gasteiger partial charge on any atom is 0.416 e. The Balaban J connectivity index is 1.49. The van der Waals surface area contributed by atoms with Gasteiger partial charge in [0.25, 0.3) is 0 Å². The van der Waals surface area contributed by atoms with Crippen LogP contribution in [0.1, 0.15) is 36.9 Å². The molecular formula is C19H22F3N5O. The van der Waals surface area contributed by atoms with Crippen molar-refractivity contribution in [3.8, 4) is 0 Å². The number of alkyl halides is 3. The number of nitrogens with one attached hydrogen (secondary N) is 2. The fraction of sp³-hybridized carbons (Fsp3) is 0.421. The first kappa shape index (κ1) is 20.1. The van der Waals surface area contributed by atoms with Crippen molar-refractivity contribution in [1.29, 1.82) is 0 Å². The molecule has 1 fully saturated rings. The van der Waals surface area contributed by atoms with Crippen molar-refractivity contribution in [1.82, 2.24) is 20.2 Å². The Labute approximate surface area is 161 Å². The van der Waals surface area contributed by atoms with Crippen molar-refractivity contribution < 1.29 is 18.0 Å². The minimum Gasteiger partial charge on any atom is -0.335 e. The van der Waals surface area contributed by atoms with E-state index in [-0.39, 0.29) is 17.9 Å². The molecule has 1 aliphatic rings. The zero-order valence-electron chi connectivity index (χ0n) is 15.4. The third kappa shape index (κ3) is 5.19. The van der Waals surface area contributed by atoms with E-state index in [9.17, 15) is 18.0 Å². The van der Waals surface area contributed by atoms with E-state index in [1.165, 1.54) is 5.56 Å². The number of carbonyl (C=O) groups excluding carboxylic acids is 1. The van der Waals surface area contributed by atoms with E-state index >= 15 is 0 Å². The highest BCUT2D eigenvalue weighted by Crippen LogP contribution is 2.30. The van der Waals surface area contributed by atoms with Crippen molar-refractivity contribution in [3.05, 3.63) is 54.0 Å². The first-order valence-corrected chi connectivity index (χ1v) is 9.07. The molecule has 0 aliphatic carbocycles. The zero-order valence-corrected chi connectivity index (χ0v) is 15.4. The van der Waals surface area contributed by atoms with Crippen LogP contribution in [0.25, 0.3) is 0 Å². The predicted molar refractivity (Wildman–Crippen MR) is 98.6 cm³/mol. The van der Waals surface area contributed by atoms with E-state index in [2.05, 4.69) is 32.4 Å². The number of pyridine rings is 2. The number of urea groups is 1. The topological polar surface area (TPSA) is 70.2 Å². The summed E-state index contributed by atoms with van der Waals surface area (Å²) >= 11 is 0. The number of aromatic nitrogens is 2. The molecule has 1 unspecified atom stereocenters. The Bertz CT molecular complexity index is 792. The first-order chi connectivity index (χ1) is 13.3. The highest BCUT2D eigenvalue weighted by atomic mass is 19.4. The van der Waals surface area contributed by atoms with Crippen LogP contribution >= 0.6 is 0 Å². The second-order valence-electron chi connectivity index (χ2n) is 6.79. The highest BCUT2D eigenvalue weighted by molar-refractivity contribution is 5.88. The summed E-state index contributed by atoms with van der Waals surface area (Å²) in [7, 11) is 0. The molecule has 0 bridgehead atoms. The number of halogens is 3. The van der Waals surface area contributed by atoms with Crippen molar-refractivity contribution in [2.24, 2.45) is 0 Å². The molecule has 1 aliphatic heterocycles. The molecule has 0 spiro atoms. The standard InChI is InChI=1S/C19H22F3N5O/c1-13(14-2-7-23-8-3-14)27-10-5-16(6-11-27)25-18(28)26-17-12-15(4-9-24-17)19(20,21)22/h2-4,7-9,12-13,16H,5-6,10-11H2,1H3,(H2,24,25,26,28). The number of hydrogen-bond donors (Lipinski definition) is 2. The van der Waals surface area contributed by atoms with Crippen molar-refractivity contribution in [2.45, 2.75) is 38.0 Å². The number of likely N-dealkylation sites (tertiary alicyclic amines) is 1. The summed E-state index contributed by atoms with van der Waals surface area (Å²) in [5, 5.41) is 5.20. The largest absolute Gasteiger partial charge is 0.416 e. The first-order valence-electron chi connectivity index (χ1n) is 9.07. The van der Waals surface area contributed by atoms with Gasteiger partial charge in [-0.25, -0.2) is 9.78 Å². The minimum atomic E-state index is -4.48. The fourth-order valence-electron chi connectivity index (χ4n) is 3.30. The number of hydrogen-bond acceptors (Lipinski definition) is 4. The third-order valence-corrected chi connectivity index (χ3v) is 4.93. The maximum absolute atomic E-state index is 12.7. The van der Waals surface area contributed by atoms with Gasteiger partial charge in [0.2, 0.25) is 0 Å². The van der Waals surface area contributed by atoms with Crippen LogP contribution in [-0.4, -0.2) is 40.0 Å². The van der Waals surface area contributed by atoms with Crippen molar-refractivity contribution >= 4 is 11.8 Å². The Morgan fingerprint density at radius 3 is 2.50 bits per heavy atom. The number of nitrogens with zero attached hydrogens (tertiary/aromatic N) is 3. The number of carbonyl (C=O) groups is 1. The Hall–Kier alpha value is -2.68. The summed E-state index contributed by atoms with van der Waals surface area (Å²) in [6, 6.07) is 5.34. The van der Waals surface area contributed by atoms with E-state index in [1.807, 2.05) is 12.1 Å². The summed E-state index contributed by atoms with van der Waals surface area (Å²) in [4.78, 5) is 22.2. The van der Waals surface area contributed by atoms with Gasteiger partial charge in [-0.3, -0.25) is 15.2 Å². The molecule has 28 heavy (non-hydrogen) atoms. The van der Waals surface area contributed by atoms with Gasteiger partial charge in [0.1, 0.15) is 5.82 Å². The van der Waals surface area contributed by atoms with Gasteiger partial charge in [-0.2, -0.15) is 13.2 Å². The molecule has 3 heterocycles. The van der Waals surface area contributed by atoms with Gasteiger partial charge in [0.15, 0.2) is 0 Å². The van der Waals surface area contributed by atoms with Crippen LogP contribution in [0.3, 0.4) is 0 Å². The third-order valence-electron chi connectivity index (χ3n) is 4.93. The second kappa shape index (κ2) is 8.55. The van der Waals surface area contributed by atoms with Gasteiger partial charge >= 0.3 is 12.2 Å². The molecule has 2 aromatic rings. The molecule has 0 radical (unpaired) electrons. The van der Waals surface area contributed by atoms with E-state index in [4.69, 9.17) is 0 Å². The molecule has 150 valence electrons. The van der Waals surface area contributed by atoms with Crippen LogP contribution in [0.4, 0.5) is 23.8 Å². The molecule has 6 nitrogen and oxygen atoms in total. The highest BCUT2D eigenvalue weighted by Gasteiger charge is 2.31. The van der Waals surface area contributed by atoms with Gasteiger partial charge in [-0.1, -0.05) is 0 Å². The van der Waals surface area contributed by atoms with Crippen LogP contribution < -0.4 is 10.6 Å². The fourth-order valence-corrected chi connectivity index (χ4v) is 3.30. The van der Waals surface area contributed by atoms with Crippen LogP contribution in [-0.2, 0) is 6.18 Å². The average molecular weight is 393 g/mol. The normalized spacial score (nSPS) is 17.1. The van der Waals surface area contributed by atoms with Gasteiger partial charge in [-0.15, -0.1) is 0 Å². The monoisotopic (exact) mass is 393 g/mol. The number of piperidine rings is 1. The lowest BCUT2D eigenvalue weighted by molar-refractivity contribution is -0.137. The van der Waals surface area contributed by atoms with E-state index in [1.54, 1.807) is 12.4 Å². The van der Waals surface area contributed by atoms with Crippen LogP contribution in [0.2, 0.25) is 0 Å². The lowest BCUT2D eigenvalue weighted by atomic mass is 10.0. The van der Waals surface area contributed by atoms with Crippen LogP contribution in [0, 0.1) is 0 Å². The average Bonchev–Trinajstić information content (AvgIpc) is 2.68. The van der Waals surface area contributed by atoms with Gasteiger partial charge in [0, 0.05) is 43.8 Å². The molecule has 3 rings (SSSR count). The summed E-state index contributed by atoms with van der Waals surface area (Å²) in [5.74, 6) is -0.129. The molecule has 1 atom stereocenters. The van der Waals surface area contributed by atoms with E-state index in [0.717, 1.165) is 44.3 Å². The van der Waals surface area contributed by atoms with E-state index < -0.39 is 17.8 Å². The molecule has 1 saturated heterocycles. The SMILES string of the molecule is CC(c1ccncc1)N1CCC(NC(=O)Nc2cc(C(F)(F)F)ccn2)CC1. The lowest BCUT2D eigenvalue weighted by Crippen LogP contribution is -2.46. The molecular weight excluding hydrogens is 371 g/mol. The molecule has 0 saturated carbocycles. The Morgan fingerprint density at radius 2 is 1.86 bits per heavy atom. The maximum atomic E-state index is 12.7. The number of rotatable bonds is 4. The Morgan fingerprint density at radius 1 is 1.18 bits per heavy atom. The lowest BCUT2D eigenvalue weighted by Gasteiger charge is -2.36. The molecule has 2 N–H and O–H groups in total. The minimum absolute atomic E-state index is 0.0355. The quantitative estimate of drug-likeness (QED) is 0.828. The van der Waals surface area contributed by atoms with Crippen molar-refractivity contribution in [3.63, 3.8) is 0 Å². The molecule has 9 heteroatoms. The summed E-state index contributed by atoms with van der Waals surface area (Å²) in [6.07, 6.45) is 1.61. The molecule has 0 aromatic carbocycles. The summed E-state index contributed by atoms with van der Waals surface area (Å²) < 4.78 is 38.2. The van der Waals surface area contributed by atoms with Gasteiger partial charge < -0.3 is 5.32 Å². The number of amides is 2. The van der Waals surface area contributed by atoms with Gasteiger partial charge in [0.05, 0.1) is 5.56 Å². The van der Waals surface area contributed by atoms with Crippen LogP contribution in [0.5, 0.6) is 0 Å². The smallest absolute Gasteiger partial charge is 0.335 e. The summed E-state index contributed by atoms with van der Waals surface area (Å²) in [5.41, 5.74) is 0.339. The van der Waals surface area contributed by atoms with Crippen LogP contribution in [0.15, 0.2) is 42.9 Å². The predicted octanol–water partition coefficient (Wildman–Crippen LogP) is 3.84. The Kier molecular flexibility index (Phi) is 6.13. The molecule has 2 aromatic heterocycles. The summed E-state index contributed by atoms with van der Waals surface area (Å²) in [6.45, 7) is 3.77. The zero-order chi connectivity index (χ0) is 20.1. The molecule has 2 amide bonds.